The van der Waals surface area contributed by atoms with Gasteiger partial charge in [-0.1, -0.05) is 35.3 Å². The number of para-hydroxylation sites is 1. The van der Waals surface area contributed by atoms with Gasteiger partial charge in [0.05, 0.1) is 21.3 Å². The first-order valence-corrected chi connectivity index (χ1v) is 7.01. The van der Waals surface area contributed by atoms with E-state index in [4.69, 9.17) is 23.2 Å². The van der Waals surface area contributed by atoms with Crippen LogP contribution in [0.1, 0.15) is 10.4 Å². The molecule has 0 saturated heterocycles. The van der Waals surface area contributed by atoms with Crippen molar-refractivity contribution in [2.75, 3.05) is 0 Å². The van der Waals surface area contributed by atoms with Gasteiger partial charge in [-0.05, 0) is 30.3 Å². The van der Waals surface area contributed by atoms with Gasteiger partial charge in [-0.2, -0.15) is 0 Å². The second kappa shape index (κ2) is 5.79. The molecule has 3 rings (SSSR count). The van der Waals surface area contributed by atoms with E-state index < -0.39 is 5.97 Å². The van der Waals surface area contributed by atoms with Crippen LogP contribution < -0.4 is 0 Å². The molecule has 0 aliphatic rings. The SMILES string of the molecule is O=C(O)c1ccccc1-n1cnc(-c2ccc(Cl)c(Cl)c2)n1. The van der Waals surface area contributed by atoms with E-state index in [1.165, 1.54) is 17.1 Å². The topological polar surface area (TPSA) is 68.0 Å². The van der Waals surface area contributed by atoms with Gasteiger partial charge in [-0.25, -0.2) is 14.5 Å². The molecule has 1 heterocycles. The zero-order valence-electron chi connectivity index (χ0n) is 11.1. The lowest BCUT2D eigenvalue weighted by atomic mass is 10.2. The normalized spacial score (nSPS) is 10.6. The smallest absolute Gasteiger partial charge is 0.337 e. The van der Waals surface area contributed by atoms with Crippen LogP contribution in [0, 0.1) is 0 Å². The van der Waals surface area contributed by atoms with Gasteiger partial charge >= 0.3 is 5.97 Å². The molecule has 110 valence electrons. The van der Waals surface area contributed by atoms with E-state index in [1.807, 2.05) is 0 Å². The van der Waals surface area contributed by atoms with Crippen LogP contribution in [0.25, 0.3) is 17.1 Å². The first-order chi connectivity index (χ1) is 10.6. The Labute approximate surface area is 135 Å². The molecule has 3 aromatic rings. The zero-order valence-corrected chi connectivity index (χ0v) is 12.6. The van der Waals surface area contributed by atoms with E-state index in [0.717, 1.165) is 0 Å². The number of halogens is 2. The maximum Gasteiger partial charge on any atom is 0.337 e. The van der Waals surface area contributed by atoms with Crippen LogP contribution >= 0.6 is 23.2 Å². The van der Waals surface area contributed by atoms with E-state index in [0.29, 0.717) is 27.1 Å². The minimum absolute atomic E-state index is 0.146. The summed E-state index contributed by atoms with van der Waals surface area (Å²) < 4.78 is 1.42. The Morgan fingerprint density at radius 2 is 1.86 bits per heavy atom. The van der Waals surface area contributed by atoms with Crippen molar-refractivity contribution in [1.82, 2.24) is 14.8 Å². The van der Waals surface area contributed by atoms with E-state index in [9.17, 15) is 9.90 Å². The van der Waals surface area contributed by atoms with Crippen molar-refractivity contribution in [2.45, 2.75) is 0 Å². The Morgan fingerprint density at radius 1 is 1.09 bits per heavy atom. The Hall–Kier alpha value is -2.37. The first-order valence-electron chi connectivity index (χ1n) is 6.26. The summed E-state index contributed by atoms with van der Waals surface area (Å²) in [5, 5.41) is 14.4. The minimum Gasteiger partial charge on any atom is -0.478 e. The number of nitrogens with zero attached hydrogens (tertiary/aromatic N) is 3. The lowest BCUT2D eigenvalue weighted by molar-refractivity contribution is 0.0696. The van der Waals surface area contributed by atoms with Gasteiger partial charge in [0.25, 0.3) is 0 Å². The number of hydrogen-bond donors (Lipinski definition) is 1. The second-order valence-electron chi connectivity index (χ2n) is 4.46. The number of aromatic carboxylic acids is 1. The van der Waals surface area contributed by atoms with Crippen LogP contribution in [0.15, 0.2) is 48.8 Å². The summed E-state index contributed by atoms with van der Waals surface area (Å²) >= 11 is 11.9. The summed E-state index contributed by atoms with van der Waals surface area (Å²) in [5.74, 6) is -0.596. The average molecular weight is 334 g/mol. The van der Waals surface area contributed by atoms with Gasteiger partial charge in [0.2, 0.25) is 0 Å². The monoisotopic (exact) mass is 333 g/mol. The van der Waals surface area contributed by atoms with Crippen molar-refractivity contribution < 1.29 is 9.90 Å². The third-order valence-corrected chi connectivity index (χ3v) is 3.79. The Bertz CT molecular complexity index is 861. The van der Waals surface area contributed by atoms with Crippen LogP contribution in [0.4, 0.5) is 0 Å². The van der Waals surface area contributed by atoms with E-state index in [2.05, 4.69) is 10.1 Å². The standard InChI is InChI=1S/C15H9Cl2N3O2/c16-11-6-5-9(7-12(11)17)14-18-8-20(19-14)13-4-2-1-3-10(13)15(21)22/h1-8H,(H,21,22). The molecule has 22 heavy (non-hydrogen) atoms. The highest BCUT2D eigenvalue weighted by molar-refractivity contribution is 6.42. The number of hydrogen-bond acceptors (Lipinski definition) is 3. The molecule has 0 amide bonds. The summed E-state index contributed by atoms with van der Waals surface area (Å²) in [6.45, 7) is 0. The molecule has 2 aromatic carbocycles. The van der Waals surface area contributed by atoms with Gasteiger partial charge < -0.3 is 5.11 Å². The fourth-order valence-electron chi connectivity index (χ4n) is 2.00. The van der Waals surface area contributed by atoms with Crippen molar-refractivity contribution in [2.24, 2.45) is 0 Å². The molecule has 1 N–H and O–H groups in total. The van der Waals surface area contributed by atoms with Gasteiger partial charge in [0.1, 0.15) is 6.33 Å². The van der Waals surface area contributed by atoms with Gasteiger partial charge in [-0.15, -0.1) is 5.10 Å². The van der Waals surface area contributed by atoms with Gasteiger partial charge in [-0.3, -0.25) is 0 Å². The fraction of sp³-hybridized carbons (Fsp3) is 0. The summed E-state index contributed by atoms with van der Waals surface area (Å²) in [5.41, 5.74) is 1.28. The number of rotatable bonds is 3. The van der Waals surface area contributed by atoms with E-state index >= 15 is 0 Å². The highest BCUT2D eigenvalue weighted by Crippen LogP contribution is 2.27. The summed E-state index contributed by atoms with van der Waals surface area (Å²) in [7, 11) is 0. The summed E-state index contributed by atoms with van der Waals surface area (Å²) in [6, 6.07) is 11.6. The largest absolute Gasteiger partial charge is 0.478 e. The third-order valence-electron chi connectivity index (χ3n) is 3.05. The molecule has 7 heteroatoms. The molecule has 0 bridgehead atoms. The molecule has 0 aliphatic heterocycles. The van der Waals surface area contributed by atoms with Gasteiger partial charge in [0.15, 0.2) is 5.82 Å². The van der Waals surface area contributed by atoms with Crippen LogP contribution in [0.3, 0.4) is 0 Å². The molecular formula is C15H9Cl2N3O2. The van der Waals surface area contributed by atoms with Crippen molar-refractivity contribution in [3.8, 4) is 17.1 Å². The summed E-state index contributed by atoms with van der Waals surface area (Å²) in [6.07, 6.45) is 1.46. The average Bonchev–Trinajstić information content (AvgIpc) is 3.00. The Balaban J connectivity index is 2.04. The van der Waals surface area contributed by atoms with Crippen LogP contribution in [0.5, 0.6) is 0 Å². The van der Waals surface area contributed by atoms with Crippen LogP contribution in [0.2, 0.25) is 10.0 Å². The molecule has 5 nitrogen and oxygen atoms in total. The number of carbonyl (C=O) groups is 1. The maximum atomic E-state index is 11.3. The predicted octanol–water partition coefficient (Wildman–Crippen LogP) is 3.94. The third kappa shape index (κ3) is 2.68. The van der Waals surface area contributed by atoms with E-state index in [-0.39, 0.29) is 5.56 Å². The highest BCUT2D eigenvalue weighted by atomic mass is 35.5. The number of carboxylic acids is 1. The maximum absolute atomic E-state index is 11.3. The van der Waals surface area contributed by atoms with Crippen molar-refractivity contribution in [1.29, 1.82) is 0 Å². The molecular weight excluding hydrogens is 325 g/mol. The molecule has 0 spiro atoms. The van der Waals surface area contributed by atoms with Crippen LogP contribution in [-0.2, 0) is 0 Å². The molecule has 0 saturated carbocycles. The molecule has 0 atom stereocenters. The Kier molecular flexibility index (Phi) is 3.83. The quantitative estimate of drug-likeness (QED) is 0.788. The lowest BCUT2D eigenvalue weighted by Gasteiger charge is -2.04. The molecule has 0 unspecified atom stereocenters. The molecule has 0 radical (unpaired) electrons. The first kappa shape index (κ1) is 14.6. The lowest BCUT2D eigenvalue weighted by Crippen LogP contribution is -2.05. The second-order valence-corrected chi connectivity index (χ2v) is 5.28. The van der Waals surface area contributed by atoms with Crippen molar-refractivity contribution in [3.63, 3.8) is 0 Å². The number of aromatic nitrogens is 3. The zero-order chi connectivity index (χ0) is 15.7. The van der Waals surface area contributed by atoms with Crippen LogP contribution in [-0.4, -0.2) is 25.8 Å². The predicted molar refractivity (Wildman–Crippen MR) is 83.8 cm³/mol. The van der Waals surface area contributed by atoms with Crippen molar-refractivity contribution >= 4 is 29.2 Å². The highest BCUT2D eigenvalue weighted by Gasteiger charge is 2.13. The minimum atomic E-state index is -1.03. The molecule has 0 fully saturated rings. The fourth-order valence-corrected chi connectivity index (χ4v) is 2.30. The van der Waals surface area contributed by atoms with Gasteiger partial charge in [0, 0.05) is 5.56 Å². The number of carboxylic acid groups (broad SMARTS) is 1. The number of benzene rings is 2. The Morgan fingerprint density at radius 3 is 2.59 bits per heavy atom. The van der Waals surface area contributed by atoms with E-state index in [1.54, 1.807) is 36.4 Å². The summed E-state index contributed by atoms with van der Waals surface area (Å²) in [4.78, 5) is 15.5. The molecule has 0 aliphatic carbocycles. The molecule has 1 aromatic heterocycles. The van der Waals surface area contributed by atoms with Crippen molar-refractivity contribution in [3.05, 3.63) is 64.4 Å².